The molecule has 5 heteroatoms. The van der Waals surface area contributed by atoms with E-state index >= 15 is 0 Å². The van der Waals surface area contributed by atoms with Crippen LogP contribution in [0.5, 0.6) is 0 Å². The van der Waals surface area contributed by atoms with Gasteiger partial charge in [-0.15, -0.1) is 0 Å². The molecule has 0 aromatic heterocycles. The summed E-state index contributed by atoms with van der Waals surface area (Å²) in [5, 5.41) is 9.52. The van der Waals surface area contributed by atoms with Crippen molar-refractivity contribution in [1.29, 1.82) is 0 Å². The number of hydrogen-bond acceptors (Lipinski definition) is 2. The molecule has 0 aliphatic heterocycles. The van der Waals surface area contributed by atoms with Gasteiger partial charge in [0.25, 0.3) is 5.91 Å². The largest absolute Gasteiger partial charge is 0.395 e. The molecule has 0 heterocycles. The van der Waals surface area contributed by atoms with Gasteiger partial charge in [-0.25, -0.2) is 0 Å². The second-order valence-corrected chi connectivity index (χ2v) is 5.46. The summed E-state index contributed by atoms with van der Waals surface area (Å²) >= 11 is 9.24. The predicted octanol–water partition coefficient (Wildman–Crippen LogP) is 2.70. The number of halogens is 2. The zero-order valence-electron chi connectivity index (χ0n) is 9.20. The average Bonchev–Trinajstić information content (AvgIpc) is 3.07. The van der Waals surface area contributed by atoms with Crippen LogP contribution in [0.4, 0.5) is 0 Å². The molecule has 92 valence electrons. The number of nitrogens with zero attached hydrogens (tertiary/aromatic N) is 1. The lowest BCUT2D eigenvalue weighted by atomic mass is 10.2. The number of hydrogen-bond donors (Lipinski definition) is 1. The Labute approximate surface area is 114 Å². The molecule has 0 bridgehead atoms. The molecule has 1 saturated carbocycles. The summed E-state index contributed by atoms with van der Waals surface area (Å²) < 4.78 is 0.785. The molecule has 1 amide bonds. The number of benzene rings is 1. The van der Waals surface area contributed by atoms with E-state index in [0.29, 0.717) is 17.1 Å². The summed E-state index contributed by atoms with van der Waals surface area (Å²) in [6.45, 7) is 0.373. The van der Waals surface area contributed by atoms with Gasteiger partial charge in [-0.1, -0.05) is 27.5 Å². The Morgan fingerprint density at radius 2 is 2.18 bits per heavy atom. The van der Waals surface area contributed by atoms with Gasteiger partial charge in [0, 0.05) is 27.6 Å². The fourth-order valence-electron chi connectivity index (χ4n) is 1.79. The minimum Gasteiger partial charge on any atom is -0.395 e. The fourth-order valence-corrected chi connectivity index (χ4v) is 2.65. The molecule has 1 aliphatic rings. The van der Waals surface area contributed by atoms with E-state index in [2.05, 4.69) is 15.9 Å². The van der Waals surface area contributed by atoms with E-state index in [-0.39, 0.29) is 18.6 Å². The molecule has 1 aromatic rings. The van der Waals surface area contributed by atoms with Crippen LogP contribution in [-0.2, 0) is 0 Å². The number of aliphatic hydroxyl groups excluding tert-OH is 1. The molecule has 0 unspecified atom stereocenters. The number of rotatable bonds is 4. The highest BCUT2D eigenvalue weighted by Crippen LogP contribution is 2.29. The second-order valence-electron chi connectivity index (χ2n) is 4.11. The third-order valence-corrected chi connectivity index (χ3v) is 3.37. The van der Waals surface area contributed by atoms with Crippen LogP contribution in [0.3, 0.4) is 0 Å². The maximum atomic E-state index is 12.3. The van der Waals surface area contributed by atoms with E-state index in [1.807, 2.05) is 0 Å². The van der Waals surface area contributed by atoms with E-state index in [4.69, 9.17) is 16.7 Å². The van der Waals surface area contributed by atoms with Crippen molar-refractivity contribution in [3.05, 3.63) is 33.3 Å². The maximum Gasteiger partial charge on any atom is 0.254 e. The van der Waals surface area contributed by atoms with Crippen molar-refractivity contribution >= 4 is 33.4 Å². The van der Waals surface area contributed by atoms with Gasteiger partial charge in [0.1, 0.15) is 0 Å². The van der Waals surface area contributed by atoms with Gasteiger partial charge in [-0.05, 0) is 31.0 Å². The summed E-state index contributed by atoms with van der Waals surface area (Å²) in [4.78, 5) is 14.0. The Morgan fingerprint density at radius 1 is 1.47 bits per heavy atom. The Hall–Kier alpha value is -0.580. The number of carbonyl (C=O) groups is 1. The molecule has 0 spiro atoms. The number of carbonyl (C=O) groups excluding carboxylic acids is 1. The molecule has 0 saturated heterocycles. The summed E-state index contributed by atoms with van der Waals surface area (Å²) in [5.41, 5.74) is 0.560. The first-order chi connectivity index (χ1) is 8.11. The zero-order chi connectivity index (χ0) is 12.4. The predicted molar refractivity (Wildman–Crippen MR) is 70.3 cm³/mol. The van der Waals surface area contributed by atoms with Crippen LogP contribution in [0.15, 0.2) is 22.7 Å². The first-order valence-electron chi connectivity index (χ1n) is 5.49. The Bertz CT molecular complexity index is 414. The van der Waals surface area contributed by atoms with E-state index in [1.54, 1.807) is 23.1 Å². The van der Waals surface area contributed by atoms with Gasteiger partial charge in [-0.2, -0.15) is 0 Å². The molecule has 2 rings (SSSR count). The third kappa shape index (κ3) is 3.21. The van der Waals surface area contributed by atoms with Crippen LogP contribution in [0.1, 0.15) is 23.2 Å². The lowest BCUT2D eigenvalue weighted by Gasteiger charge is -2.21. The smallest absolute Gasteiger partial charge is 0.254 e. The molecular formula is C12H13BrClNO2. The Kier molecular flexibility index (Phi) is 4.07. The molecule has 1 aromatic carbocycles. The second kappa shape index (κ2) is 5.38. The molecule has 0 radical (unpaired) electrons. The highest BCUT2D eigenvalue weighted by atomic mass is 79.9. The minimum atomic E-state index is -0.0650. The van der Waals surface area contributed by atoms with Gasteiger partial charge in [0.05, 0.1) is 6.61 Å². The summed E-state index contributed by atoms with van der Waals surface area (Å²) in [5.74, 6) is -0.0650. The number of aliphatic hydroxyl groups is 1. The molecule has 1 fully saturated rings. The van der Waals surface area contributed by atoms with Crippen molar-refractivity contribution < 1.29 is 9.90 Å². The van der Waals surface area contributed by atoms with Gasteiger partial charge < -0.3 is 10.0 Å². The van der Waals surface area contributed by atoms with Gasteiger partial charge in [0.2, 0.25) is 0 Å². The molecule has 17 heavy (non-hydrogen) atoms. The lowest BCUT2D eigenvalue weighted by Crippen LogP contribution is -2.35. The van der Waals surface area contributed by atoms with Crippen LogP contribution >= 0.6 is 27.5 Å². The van der Waals surface area contributed by atoms with Crippen LogP contribution < -0.4 is 0 Å². The maximum absolute atomic E-state index is 12.3. The SMILES string of the molecule is O=C(c1cc(Cl)cc(Br)c1)N(CCO)C1CC1. The third-order valence-electron chi connectivity index (χ3n) is 2.70. The van der Waals surface area contributed by atoms with E-state index in [0.717, 1.165) is 17.3 Å². The van der Waals surface area contributed by atoms with Crippen molar-refractivity contribution in [3.8, 4) is 0 Å². The summed E-state index contributed by atoms with van der Waals surface area (Å²) in [7, 11) is 0. The summed E-state index contributed by atoms with van der Waals surface area (Å²) in [6.07, 6.45) is 2.04. The van der Waals surface area contributed by atoms with E-state index < -0.39 is 0 Å². The first kappa shape index (κ1) is 12.9. The van der Waals surface area contributed by atoms with Gasteiger partial charge in [0.15, 0.2) is 0 Å². The van der Waals surface area contributed by atoms with E-state index in [1.165, 1.54) is 0 Å². The van der Waals surface area contributed by atoms with Crippen molar-refractivity contribution in [1.82, 2.24) is 4.90 Å². The molecule has 1 aliphatic carbocycles. The summed E-state index contributed by atoms with van der Waals surface area (Å²) in [6, 6.07) is 5.43. The highest BCUT2D eigenvalue weighted by Gasteiger charge is 2.32. The topological polar surface area (TPSA) is 40.5 Å². The lowest BCUT2D eigenvalue weighted by molar-refractivity contribution is 0.0707. The van der Waals surface area contributed by atoms with Crippen molar-refractivity contribution in [3.63, 3.8) is 0 Å². The van der Waals surface area contributed by atoms with E-state index in [9.17, 15) is 4.79 Å². The molecule has 3 nitrogen and oxygen atoms in total. The van der Waals surface area contributed by atoms with Crippen molar-refractivity contribution in [2.24, 2.45) is 0 Å². The van der Waals surface area contributed by atoms with Crippen LogP contribution in [0, 0.1) is 0 Å². The number of amides is 1. The van der Waals surface area contributed by atoms with Crippen LogP contribution in [0.25, 0.3) is 0 Å². The van der Waals surface area contributed by atoms with Crippen LogP contribution in [0.2, 0.25) is 5.02 Å². The highest BCUT2D eigenvalue weighted by molar-refractivity contribution is 9.10. The Balaban J connectivity index is 2.21. The zero-order valence-corrected chi connectivity index (χ0v) is 11.5. The normalized spacial score (nSPS) is 14.8. The Morgan fingerprint density at radius 3 is 2.71 bits per heavy atom. The fraction of sp³-hybridized carbons (Fsp3) is 0.417. The van der Waals surface area contributed by atoms with Crippen molar-refractivity contribution in [2.75, 3.05) is 13.2 Å². The minimum absolute atomic E-state index is 0.00995. The van der Waals surface area contributed by atoms with Crippen molar-refractivity contribution in [2.45, 2.75) is 18.9 Å². The quantitative estimate of drug-likeness (QED) is 0.927. The van der Waals surface area contributed by atoms with Crippen LogP contribution in [-0.4, -0.2) is 35.1 Å². The van der Waals surface area contributed by atoms with Gasteiger partial charge >= 0.3 is 0 Å². The van der Waals surface area contributed by atoms with Gasteiger partial charge in [-0.3, -0.25) is 4.79 Å². The monoisotopic (exact) mass is 317 g/mol. The standard InChI is InChI=1S/C12H13BrClNO2/c13-9-5-8(6-10(14)7-9)12(17)15(3-4-16)11-1-2-11/h5-7,11,16H,1-4H2. The first-order valence-corrected chi connectivity index (χ1v) is 6.67. The average molecular weight is 319 g/mol. The molecule has 0 atom stereocenters. The molecule has 1 N–H and O–H groups in total. The molecular weight excluding hydrogens is 305 g/mol.